The molecule has 4 aliphatic heterocycles. The quantitative estimate of drug-likeness (QED) is 0.264. The fourth-order valence-electron chi connectivity index (χ4n) is 8.28. The zero-order valence-corrected chi connectivity index (χ0v) is 34.2. The van der Waals surface area contributed by atoms with E-state index in [4.69, 9.17) is 14.2 Å². The molecule has 0 aromatic heterocycles. The first-order valence-corrected chi connectivity index (χ1v) is 21.0. The van der Waals surface area contributed by atoms with Gasteiger partial charge < -0.3 is 40.8 Å². The predicted molar refractivity (Wildman–Crippen MR) is 217 cm³/mol. The van der Waals surface area contributed by atoms with Gasteiger partial charge in [0.25, 0.3) is 5.91 Å². The summed E-state index contributed by atoms with van der Waals surface area (Å²) in [7, 11) is 1.53. The molecule has 2 aromatic rings. The van der Waals surface area contributed by atoms with Crippen molar-refractivity contribution in [1.82, 2.24) is 26.6 Å². The van der Waals surface area contributed by atoms with Gasteiger partial charge in [-0.1, -0.05) is 70.2 Å². The lowest BCUT2D eigenvalue weighted by molar-refractivity contribution is -0.134. The molecule has 312 valence electrons. The zero-order valence-electron chi connectivity index (χ0n) is 34.2. The average molecular weight is 790 g/mol. The van der Waals surface area contributed by atoms with Crippen molar-refractivity contribution in [3.05, 3.63) is 53.6 Å². The Bertz CT molecular complexity index is 1650. The lowest BCUT2D eigenvalue weighted by atomic mass is 9.83. The lowest BCUT2D eigenvalue weighted by Crippen LogP contribution is -2.57. The van der Waals surface area contributed by atoms with E-state index in [1.807, 2.05) is 45.0 Å². The van der Waals surface area contributed by atoms with Crippen LogP contribution in [0.4, 0.5) is 0 Å². The molecule has 0 saturated heterocycles. The van der Waals surface area contributed by atoms with Crippen molar-refractivity contribution >= 4 is 29.5 Å². The molecule has 6 aliphatic rings. The van der Waals surface area contributed by atoms with Crippen molar-refractivity contribution in [1.29, 1.82) is 0 Å². The van der Waals surface area contributed by atoms with Gasteiger partial charge in [-0.05, 0) is 87.0 Å². The summed E-state index contributed by atoms with van der Waals surface area (Å²) >= 11 is 0. The molecule has 0 unspecified atom stereocenters. The van der Waals surface area contributed by atoms with Crippen molar-refractivity contribution < 1.29 is 38.2 Å². The summed E-state index contributed by atoms with van der Waals surface area (Å²) in [6.45, 7) is 6.24. The molecule has 13 heteroatoms. The highest BCUT2D eigenvalue weighted by Crippen LogP contribution is 2.33. The zero-order chi connectivity index (χ0) is 40.7. The van der Waals surface area contributed by atoms with Crippen LogP contribution in [0.1, 0.15) is 109 Å². The van der Waals surface area contributed by atoms with E-state index in [9.17, 15) is 24.0 Å². The molecule has 2 aliphatic carbocycles. The first-order valence-electron chi connectivity index (χ1n) is 21.0. The Morgan fingerprint density at radius 3 is 2.19 bits per heavy atom. The van der Waals surface area contributed by atoms with Gasteiger partial charge in [0.2, 0.25) is 23.6 Å². The van der Waals surface area contributed by atoms with Crippen LogP contribution in [-0.2, 0) is 37.0 Å². The minimum absolute atomic E-state index is 0.0364. The maximum Gasteiger partial charge on any atom is 0.258 e. The molecule has 4 bridgehead atoms. The van der Waals surface area contributed by atoms with Gasteiger partial charge in [0.15, 0.2) is 18.1 Å². The first-order chi connectivity index (χ1) is 27.5. The number of para-hydroxylation sites is 1. The van der Waals surface area contributed by atoms with Crippen LogP contribution in [-0.4, -0.2) is 74.0 Å². The number of carbonyl (C=O) groups excluding carboxylic acids is 5. The van der Waals surface area contributed by atoms with Crippen LogP contribution in [0.15, 0.2) is 42.5 Å². The number of ether oxygens (including phenoxy) is 3. The normalized spacial score (nSPS) is 24.8. The first kappa shape index (κ1) is 43.3. The van der Waals surface area contributed by atoms with E-state index in [1.165, 1.54) is 7.05 Å². The minimum atomic E-state index is -0.901. The maximum atomic E-state index is 14.1. The molecule has 3 atom stereocenters. The van der Waals surface area contributed by atoms with E-state index in [-0.39, 0.29) is 67.6 Å². The fraction of sp³-hybridized carbons (Fsp3) is 0.614. The van der Waals surface area contributed by atoms with E-state index < -0.39 is 29.9 Å². The summed E-state index contributed by atoms with van der Waals surface area (Å²) in [6.07, 6.45) is 9.53. The molecule has 13 nitrogen and oxygen atoms in total. The van der Waals surface area contributed by atoms with Gasteiger partial charge in [0, 0.05) is 31.5 Å². The van der Waals surface area contributed by atoms with Gasteiger partial charge in [-0.2, -0.15) is 0 Å². The van der Waals surface area contributed by atoms with Crippen LogP contribution in [0.2, 0.25) is 0 Å². The highest BCUT2D eigenvalue weighted by atomic mass is 16.5. The summed E-state index contributed by atoms with van der Waals surface area (Å²) in [5.74, 6) is 0.374. The molecular formula is C44H63N5O8. The van der Waals surface area contributed by atoms with E-state index in [0.29, 0.717) is 42.3 Å². The van der Waals surface area contributed by atoms with Crippen LogP contribution in [0.3, 0.4) is 0 Å². The van der Waals surface area contributed by atoms with E-state index >= 15 is 0 Å². The smallest absolute Gasteiger partial charge is 0.258 e. The van der Waals surface area contributed by atoms with Crippen molar-refractivity contribution in [3.8, 4) is 17.2 Å². The van der Waals surface area contributed by atoms with Gasteiger partial charge >= 0.3 is 0 Å². The van der Waals surface area contributed by atoms with Crippen LogP contribution in [0, 0.1) is 17.8 Å². The number of nitrogens with one attached hydrogen (secondary N) is 5. The highest BCUT2D eigenvalue weighted by molar-refractivity contribution is 5.94. The molecule has 5 amide bonds. The lowest BCUT2D eigenvalue weighted by Gasteiger charge is -2.30. The van der Waals surface area contributed by atoms with Gasteiger partial charge in [-0.25, -0.2) is 0 Å². The second-order valence-corrected chi connectivity index (χ2v) is 16.3. The third-order valence-electron chi connectivity index (χ3n) is 11.3. The van der Waals surface area contributed by atoms with E-state index in [0.717, 1.165) is 63.4 Å². The number of rotatable bonds is 7. The van der Waals surface area contributed by atoms with Crippen molar-refractivity contribution in [2.45, 2.75) is 135 Å². The summed E-state index contributed by atoms with van der Waals surface area (Å²) in [4.78, 5) is 67.9. The standard InChI is InChI=1S/C44H63N5O8/c1-5-55-38-13-9-12-32-26-56-34-20-16-30(17-21-34)24-36(42(52)45-4)48-44(54)37(23-29-10-7-6-8-11-29)49-43(53)35(22-28(2)3)47-39(50)25-31-14-18-33(19-15-31)46-40(51)27-57-41(32)38/h9,12-13,16-17,20-21,28-29,31,33,35-37H,5-8,10-11,14-15,18-19,22-27H2,1-4H3,(H,45,52)(H,46,51)(H,47,50)(H,48,54)(H,49,53)/t31?,33?,35-,36-,37+/m0/s1. The Hall–Kier alpha value is -4.81. The van der Waals surface area contributed by atoms with Crippen molar-refractivity contribution in [3.63, 3.8) is 0 Å². The Kier molecular flexibility index (Phi) is 16.4. The third-order valence-corrected chi connectivity index (χ3v) is 11.3. The SMILES string of the molecule is CCOc1cccc2c1OCC(=O)NC1CCC(CC1)CC(=O)N[C@@H](CC(C)C)C(=O)N[C@H](CC1CCCCC1)C(=O)N[C@H](C(=O)NC)Cc1ccc(cc1)OC2. The summed E-state index contributed by atoms with van der Waals surface area (Å²) in [5.41, 5.74) is 1.50. The molecule has 2 fully saturated rings. The number of likely N-dealkylation sites (N-methyl/N-ethyl adjacent to an activating group) is 1. The summed E-state index contributed by atoms with van der Waals surface area (Å²) in [6, 6.07) is 10.2. The predicted octanol–water partition coefficient (Wildman–Crippen LogP) is 4.88. The van der Waals surface area contributed by atoms with Crippen molar-refractivity contribution in [2.75, 3.05) is 20.3 Å². The molecule has 5 N–H and O–H groups in total. The summed E-state index contributed by atoms with van der Waals surface area (Å²) in [5, 5.41) is 14.7. The largest absolute Gasteiger partial charge is 0.490 e. The number of hydrogen-bond donors (Lipinski definition) is 5. The fourth-order valence-corrected chi connectivity index (χ4v) is 8.28. The number of amides is 5. The van der Waals surface area contributed by atoms with Gasteiger partial charge in [-0.15, -0.1) is 0 Å². The van der Waals surface area contributed by atoms with Crippen LogP contribution in [0.5, 0.6) is 17.2 Å². The monoisotopic (exact) mass is 789 g/mol. The Labute approximate surface area is 337 Å². The number of hydrogen-bond acceptors (Lipinski definition) is 8. The Balaban J connectivity index is 1.40. The van der Waals surface area contributed by atoms with Crippen LogP contribution >= 0.6 is 0 Å². The van der Waals surface area contributed by atoms with Gasteiger partial charge in [0.1, 0.15) is 30.5 Å². The molecule has 2 saturated carbocycles. The minimum Gasteiger partial charge on any atom is -0.490 e. The molecule has 0 spiro atoms. The topological polar surface area (TPSA) is 173 Å². The van der Waals surface area contributed by atoms with Crippen LogP contribution in [0.25, 0.3) is 0 Å². The van der Waals surface area contributed by atoms with Crippen molar-refractivity contribution in [2.24, 2.45) is 17.8 Å². The molecule has 2 aromatic carbocycles. The molecule has 4 heterocycles. The van der Waals surface area contributed by atoms with Gasteiger partial charge in [-0.3, -0.25) is 24.0 Å². The van der Waals surface area contributed by atoms with E-state index in [2.05, 4.69) is 26.6 Å². The number of benzene rings is 2. The average Bonchev–Trinajstić information content (AvgIpc) is 3.19. The second kappa shape index (κ2) is 21.6. The highest BCUT2D eigenvalue weighted by Gasteiger charge is 2.33. The maximum absolute atomic E-state index is 14.1. The molecule has 0 radical (unpaired) electrons. The third kappa shape index (κ3) is 13.4. The molecule has 57 heavy (non-hydrogen) atoms. The summed E-state index contributed by atoms with van der Waals surface area (Å²) < 4.78 is 18.1. The molecule has 8 rings (SSSR count). The van der Waals surface area contributed by atoms with E-state index in [1.54, 1.807) is 18.2 Å². The molecular weight excluding hydrogens is 727 g/mol. The van der Waals surface area contributed by atoms with Gasteiger partial charge in [0.05, 0.1) is 6.61 Å². The second-order valence-electron chi connectivity index (χ2n) is 16.3. The Morgan fingerprint density at radius 1 is 0.789 bits per heavy atom. The Morgan fingerprint density at radius 2 is 1.51 bits per heavy atom. The number of carbonyl (C=O) groups is 5. The van der Waals surface area contributed by atoms with Crippen LogP contribution < -0.4 is 40.8 Å².